The molecular formula is C14H18O3. The minimum Gasteiger partial charge on any atom is -0.454 e. The third-order valence-corrected chi connectivity index (χ3v) is 2.68. The highest BCUT2D eigenvalue weighted by atomic mass is 16.5. The van der Waals surface area contributed by atoms with Crippen LogP contribution in [0.25, 0.3) is 0 Å². The van der Waals surface area contributed by atoms with E-state index in [0.717, 1.165) is 16.7 Å². The molecule has 0 bridgehead atoms. The van der Waals surface area contributed by atoms with E-state index in [4.69, 9.17) is 4.74 Å². The molecule has 0 heterocycles. The maximum Gasteiger partial charge on any atom is 0.331 e. The molecular weight excluding hydrogens is 216 g/mol. The van der Waals surface area contributed by atoms with Crippen molar-refractivity contribution in [1.82, 2.24) is 0 Å². The lowest BCUT2D eigenvalue weighted by Crippen LogP contribution is -2.16. The van der Waals surface area contributed by atoms with Gasteiger partial charge in [-0.1, -0.05) is 11.6 Å². The first kappa shape index (κ1) is 13.4. The summed E-state index contributed by atoms with van der Waals surface area (Å²) in [5, 5.41) is 0. The Hall–Kier alpha value is -1.64. The summed E-state index contributed by atoms with van der Waals surface area (Å²) in [6.07, 6.45) is 3.53. The smallest absolute Gasteiger partial charge is 0.331 e. The highest BCUT2D eigenvalue weighted by molar-refractivity contribution is 6.00. The lowest BCUT2D eigenvalue weighted by Gasteiger charge is -2.11. The van der Waals surface area contributed by atoms with Gasteiger partial charge in [0.15, 0.2) is 5.78 Å². The van der Waals surface area contributed by atoms with Gasteiger partial charge >= 0.3 is 5.97 Å². The van der Waals surface area contributed by atoms with Crippen LogP contribution in [0.1, 0.15) is 33.6 Å². The summed E-state index contributed by atoms with van der Waals surface area (Å²) < 4.78 is 5.25. The summed E-state index contributed by atoms with van der Waals surface area (Å²) >= 11 is 0. The van der Waals surface area contributed by atoms with Crippen LogP contribution in [0.3, 0.4) is 0 Å². The molecule has 0 aromatic rings. The molecule has 1 unspecified atom stereocenters. The van der Waals surface area contributed by atoms with E-state index in [1.807, 2.05) is 20.8 Å². The standard InChI is InChI=1S/C14H18O3/c1-5-6-11-10(4)13(8-12(11)15)17-14(16)7-9(2)3/h5,7,13H,1,6,8H2,2-4H3. The topological polar surface area (TPSA) is 43.4 Å². The number of rotatable bonds is 4. The Kier molecular flexibility index (Phi) is 4.44. The molecule has 0 aromatic carbocycles. The summed E-state index contributed by atoms with van der Waals surface area (Å²) in [4.78, 5) is 23.1. The van der Waals surface area contributed by atoms with Crippen LogP contribution in [-0.4, -0.2) is 17.9 Å². The molecule has 0 saturated carbocycles. The molecule has 1 rings (SSSR count). The Bertz CT molecular complexity index is 409. The van der Waals surface area contributed by atoms with Crippen molar-refractivity contribution in [3.05, 3.63) is 35.5 Å². The summed E-state index contributed by atoms with van der Waals surface area (Å²) in [6, 6.07) is 0. The number of Topliss-reactive ketones (excluding diaryl/α,β-unsaturated/α-hetero) is 1. The molecule has 0 N–H and O–H groups in total. The van der Waals surface area contributed by atoms with E-state index < -0.39 is 6.10 Å². The van der Waals surface area contributed by atoms with Gasteiger partial charge in [0.25, 0.3) is 0 Å². The summed E-state index contributed by atoms with van der Waals surface area (Å²) in [5.41, 5.74) is 2.47. The van der Waals surface area contributed by atoms with E-state index in [1.165, 1.54) is 6.08 Å². The van der Waals surface area contributed by atoms with Crippen molar-refractivity contribution in [1.29, 1.82) is 0 Å². The first-order valence-corrected chi connectivity index (χ1v) is 5.65. The van der Waals surface area contributed by atoms with Crippen molar-refractivity contribution in [3.8, 4) is 0 Å². The fraction of sp³-hybridized carbons (Fsp3) is 0.429. The molecule has 1 aliphatic rings. The molecule has 92 valence electrons. The van der Waals surface area contributed by atoms with Crippen LogP contribution in [0.15, 0.2) is 35.5 Å². The van der Waals surface area contributed by atoms with Gasteiger partial charge in [0.05, 0.1) is 6.42 Å². The first-order chi connectivity index (χ1) is 7.95. The minimum absolute atomic E-state index is 0.0531. The van der Waals surface area contributed by atoms with Crippen molar-refractivity contribution >= 4 is 11.8 Å². The van der Waals surface area contributed by atoms with Crippen molar-refractivity contribution in [3.63, 3.8) is 0 Å². The summed E-state index contributed by atoms with van der Waals surface area (Å²) in [7, 11) is 0. The van der Waals surface area contributed by atoms with Gasteiger partial charge in [0.2, 0.25) is 0 Å². The van der Waals surface area contributed by atoms with E-state index in [0.29, 0.717) is 6.42 Å². The molecule has 1 aliphatic carbocycles. The van der Waals surface area contributed by atoms with Gasteiger partial charge in [-0.3, -0.25) is 4.79 Å². The molecule has 0 fully saturated rings. The van der Waals surface area contributed by atoms with E-state index >= 15 is 0 Å². The highest BCUT2D eigenvalue weighted by Crippen LogP contribution is 2.28. The zero-order chi connectivity index (χ0) is 13.0. The Morgan fingerprint density at radius 2 is 2.18 bits per heavy atom. The molecule has 0 amide bonds. The van der Waals surface area contributed by atoms with E-state index in [2.05, 4.69) is 6.58 Å². The second-order valence-corrected chi connectivity index (χ2v) is 4.43. The molecule has 3 nitrogen and oxygen atoms in total. The number of allylic oxidation sites excluding steroid dienone is 3. The predicted octanol–water partition coefficient (Wildman–Crippen LogP) is 2.73. The monoisotopic (exact) mass is 234 g/mol. The van der Waals surface area contributed by atoms with Crippen LogP contribution in [0.5, 0.6) is 0 Å². The molecule has 0 aliphatic heterocycles. The average Bonchev–Trinajstić information content (AvgIpc) is 2.45. The molecule has 0 spiro atoms. The minimum atomic E-state index is -0.402. The number of ether oxygens (including phenoxy) is 1. The number of hydrogen-bond donors (Lipinski definition) is 0. The molecule has 1 atom stereocenters. The lowest BCUT2D eigenvalue weighted by atomic mass is 10.1. The van der Waals surface area contributed by atoms with Gasteiger partial charge in [-0.2, -0.15) is 0 Å². The number of ketones is 1. The fourth-order valence-corrected chi connectivity index (χ4v) is 1.82. The lowest BCUT2D eigenvalue weighted by molar-refractivity contribution is -0.141. The maximum atomic E-state index is 11.7. The van der Waals surface area contributed by atoms with Crippen LogP contribution in [0.4, 0.5) is 0 Å². The normalized spacial score (nSPS) is 19.2. The Balaban J connectivity index is 2.76. The van der Waals surface area contributed by atoms with Gasteiger partial charge in [-0.05, 0) is 32.8 Å². The van der Waals surface area contributed by atoms with Crippen LogP contribution in [0, 0.1) is 0 Å². The van der Waals surface area contributed by atoms with E-state index in [-0.39, 0.29) is 18.2 Å². The SMILES string of the molecule is C=CCC1=C(C)C(OC(=O)C=C(C)C)CC1=O. The van der Waals surface area contributed by atoms with Gasteiger partial charge in [0.1, 0.15) is 6.10 Å². The van der Waals surface area contributed by atoms with Crippen molar-refractivity contribution < 1.29 is 14.3 Å². The van der Waals surface area contributed by atoms with Gasteiger partial charge in [-0.15, -0.1) is 6.58 Å². The molecule has 0 saturated heterocycles. The molecule has 17 heavy (non-hydrogen) atoms. The molecule has 0 aromatic heterocycles. The maximum absolute atomic E-state index is 11.7. The van der Waals surface area contributed by atoms with Crippen LogP contribution in [0.2, 0.25) is 0 Å². The Labute approximate surface area is 102 Å². The summed E-state index contributed by atoms with van der Waals surface area (Å²) in [5.74, 6) is -0.334. The second kappa shape index (κ2) is 5.62. The van der Waals surface area contributed by atoms with Crippen molar-refractivity contribution in [2.24, 2.45) is 0 Å². The van der Waals surface area contributed by atoms with E-state index in [9.17, 15) is 9.59 Å². The highest BCUT2D eigenvalue weighted by Gasteiger charge is 2.30. The summed E-state index contributed by atoms with van der Waals surface area (Å²) in [6.45, 7) is 9.10. The number of hydrogen-bond acceptors (Lipinski definition) is 3. The van der Waals surface area contributed by atoms with Crippen molar-refractivity contribution in [2.45, 2.75) is 39.7 Å². The van der Waals surface area contributed by atoms with Crippen LogP contribution < -0.4 is 0 Å². The van der Waals surface area contributed by atoms with E-state index in [1.54, 1.807) is 6.08 Å². The third kappa shape index (κ3) is 3.41. The van der Waals surface area contributed by atoms with Crippen LogP contribution >= 0.6 is 0 Å². The van der Waals surface area contributed by atoms with Crippen LogP contribution in [-0.2, 0) is 14.3 Å². The molecule has 3 heteroatoms. The van der Waals surface area contributed by atoms with Crippen molar-refractivity contribution in [2.75, 3.05) is 0 Å². The third-order valence-electron chi connectivity index (χ3n) is 2.68. The number of carbonyl (C=O) groups excluding carboxylic acids is 2. The van der Waals surface area contributed by atoms with Gasteiger partial charge < -0.3 is 4.74 Å². The molecule has 0 radical (unpaired) electrons. The largest absolute Gasteiger partial charge is 0.454 e. The Morgan fingerprint density at radius 1 is 1.53 bits per heavy atom. The second-order valence-electron chi connectivity index (χ2n) is 4.43. The Morgan fingerprint density at radius 3 is 2.71 bits per heavy atom. The number of carbonyl (C=O) groups is 2. The zero-order valence-electron chi connectivity index (χ0n) is 10.6. The number of esters is 1. The average molecular weight is 234 g/mol. The van der Waals surface area contributed by atoms with Gasteiger partial charge in [0, 0.05) is 11.6 Å². The van der Waals surface area contributed by atoms with Gasteiger partial charge in [-0.25, -0.2) is 4.79 Å². The first-order valence-electron chi connectivity index (χ1n) is 5.65. The fourth-order valence-electron chi connectivity index (χ4n) is 1.82. The predicted molar refractivity (Wildman–Crippen MR) is 66.4 cm³/mol. The zero-order valence-corrected chi connectivity index (χ0v) is 10.6. The quantitative estimate of drug-likeness (QED) is 0.427.